The van der Waals surface area contributed by atoms with E-state index in [0.29, 0.717) is 60.8 Å². The zero-order valence-electron chi connectivity index (χ0n) is 22.6. The summed E-state index contributed by atoms with van der Waals surface area (Å²) >= 11 is 0. The maximum Gasteiger partial charge on any atom is 0.407 e. The fraction of sp³-hybridized carbons (Fsp3) is 0.172. The maximum atomic E-state index is 14.6. The van der Waals surface area contributed by atoms with E-state index in [1.54, 1.807) is 42.6 Å². The Kier molecular flexibility index (Phi) is 7.28. The summed E-state index contributed by atoms with van der Waals surface area (Å²) in [7, 11) is 1.56. The predicted octanol–water partition coefficient (Wildman–Crippen LogP) is 4.48. The van der Waals surface area contributed by atoms with E-state index in [1.807, 2.05) is 41.3 Å². The fourth-order valence-corrected chi connectivity index (χ4v) is 4.62. The molecule has 13 heteroatoms. The van der Waals surface area contributed by atoms with Gasteiger partial charge in [0.2, 0.25) is 11.8 Å². The molecule has 1 aliphatic heterocycles. The lowest BCUT2D eigenvalue weighted by Crippen LogP contribution is -2.48. The van der Waals surface area contributed by atoms with Crippen molar-refractivity contribution in [2.45, 2.75) is 0 Å². The highest BCUT2D eigenvalue weighted by Crippen LogP contribution is 2.27. The van der Waals surface area contributed by atoms with Gasteiger partial charge in [-0.2, -0.15) is 0 Å². The molecule has 0 unspecified atom stereocenters. The van der Waals surface area contributed by atoms with E-state index in [0.717, 1.165) is 16.9 Å². The largest absolute Gasteiger partial charge is 0.481 e. The minimum atomic E-state index is -0.944. The standard InChI is InChI=1S/C29H26FN9O3/c1-42-26-7-2-19(17-32-26)27-33-18-39(36-27)23-5-3-22(4-6-23)34-28-31-9-8-25(35-28)20-14-21(30)16-24(15-20)37-10-12-38(13-11-37)29(40)41/h2-9,14-18H,10-13H2,1H3,(H,40,41)(H,31,34,35). The quantitative estimate of drug-likeness (QED) is 0.290. The van der Waals surface area contributed by atoms with Crippen molar-refractivity contribution >= 4 is 23.4 Å². The molecular formula is C29H26FN9O3. The van der Waals surface area contributed by atoms with Gasteiger partial charge in [0.25, 0.3) is 0 Å². The number of aromatic nitrogens is 6. The number of hydrogen-bond donors (Lipinski definition) is 2. The van der Waals surface area contributed by atoms with Gasteiger partial charge in [0.1, 0.15) is 12.1 Å². The molecule has 0 spiro atoms. The molecule has 3 aromatic heterocycles. The fourth-order valence-electron chi connectivity index (χ4n) is 4.62. The molecule has 1 fully saturated rings. The Hall–Kier alpha value is -5.59. The van der Waals surface area contributed by atoms with E-state index >= 15 is 0 Å². The molecule has 1 saturated heterocycles. The van der Waals surface area contributed by atoms with Crippen molar-refractivity contribution in [2.75, 3.05) is 43.5 Å². The lowest BCUT2D eigenvalue weighted by Gasteiger charge is -2.34. The van der Waals surface area contributed by atoms with Crippen LogP contribution >= 0.6 is 0 Å². The Morgan fingerprint density at radius 3 is 2.45 bits per heavy atom. The highest BCUT2D eigenvalue weighted by atomic mass is 19.1. The summed E-state index contributed by atoms with van der Waals surface area (Å²) < 4.78 is 21.4. The van der Waals surface area contributed by atoms with E-state index in [-0.39, 0.29) is 0 Å². The summed E-state index contributed by atoms with van der Waals surface area (Å²) in [5.41, 5.74) is 4.17. The molecule has 0 radical (unpaired) electrons. The number of rotatable bonds is 7. The summed E-state index contributed by atoms with van der Waals surface area (Å²) in [6.45, 7) is 1.69. The van der Waals surface area contributed by atoms with Crippen molar-refractivity contribution in [3.8, 4) is 34.2 Å². The topological polar surface area (TPSA) is 134 Å². The number of nitrogens with zero attached hydrogens (tertiary/aromatic N) is 8. The summed E-state index contributed by atoms with van der Waals surface area (Å²) in [5, 5.41) is 16.9. The van der Waals surface area contributed by atoms with Crippen LogP contribution in [-0.2, 0) is 0 Å². The number of amides is 1. The first-order chi connectivity index (χ1) is 20.4. The number of benzene rings is 2. The Bertz CT molecular complexity index is 1700. The molecule has 0 saturated carbocycles. The molecule has 1 aliphatic rings. The number of carboxylic acid groups (broad SMARTS) is 1. The minimum Gasteiger partial charge on any atom is -0.481 e. The zero-order valence-corrected chi connectivity index (χ0v) is 22.6. The van der Waals surface area contributed by atoms with Gasteiger partial charge in [0.05, 0.1) is 18.5 Å². The number of piperazine rings is 1. The van der Waals surface area contributed by atoms with Crippen LogP contribution in [0, 0.1) is 5.82 Å². The van der Waals surface area contributed by atoms with Crippen molar-refractivity contribution in [2.24, 2.45) is 0 Å². The average Bonchev–Trinajstić information content (AvgIpc) is 3.52. The second-order valence-electron chi connectivity index (χ2n) is 9.49. The van der Waals surface area contributed by atoms with Gasteiger partial charge in [-0.25, -0.2) is 33.8 Å². The Morgan fingerprint density at radius 1 is 0.929 bits per heavy atom. The number of ether oxygens (including phenoxy) is 1. The predicted molar refractivity (Wildman–Crippen MR) is 154 cm³/mol. The number of hydrogen-bond acceptors (Lipinski definition) is 9. The van der Waals surface area contributed by atoms with Crippen LogP contribution in [0.4, 0.5) is 26.5 Å². The molecular weight excluding hydrogens is 541 g/mol. The molecule has 5 aromatic rings. The first-order valence-electron chi connectivity index (χ1n) is 13.1. The van der Waals surface area contributed by atoms with Gasteiger partial charge in [-0.3, -0.25) is 0 Å². The first-order valence-corrected chi connectivity index (χ1v) is 13.1. The smallest absolute Gasteiger partial charge is 0.407 e. The van der Waals surface area contributed by atoms with Gasteiger partial charge in [0, 0.05) is 67.1 Å². The van der Waals surface area contributed by atoms with Crippen LogP contribution in [0.3, 0.4) is 0 Å². The monoisotopic (exact) mass is 567 g/mol. The third-order valence-corrected chi connectivity index (χ3v) is 6.83. The van der Waals surface area contributed by atoms with Gasteiger partial charge in [-0.15, -0.1) is 5.10 Å². The van der Waals surface area contributed by atoms with Gasteiger partial charge in [-0.05, 0) is 54.6 Å². The molecule has 12 nitrogen and oxygen atoms in total. The van der Waals surface area contributed by atoms with Crippen LogP contribution in [0.2, 0.25) is 0 Å². The Labute approximate surface area is 240 Å². The van der Waals surface area contributed by atoms with Crippen LogP contribution in [-0.4, -0.2) is 79.1 Å². The Balaban J connectivity index is 1.15. The van der Waals surface area contributed by atoms with Crippen LogP contribution in [0.5, 0.6) is 5.88 Å². The summed E-state index contributed by atoms with van der Waals surface area (Å²) in [5.74, 6) is 1.02. The lowest BCUT2D eigenvalue weighted by molar-refractivity contribution is 0.142. The summed E-state index contributed by atoms with van der Waals surface area (Å²) in [4.78, 5) is 32.0. The first kappa shape index (κ1) is 26.6. The van der Waals surface area contributed by atoms with E-state index in [1.165, 1.54) is 17.0 Å². The molecule has 0 aliphatic carbocycles. The molecule has 4 heterocycles. The van der Waals surface area contributed by atoms with Crippen molar-refractivity contribution in [3.63, 3.8) is 0 Å². The number of pyridine rings is 1. The third-order valence-electron chi connectivity index (χ3n) is 6.83. The van der Waals surface area contributed by atoms with Crippen LogP contribution in [0.25, 0.3) is 28.3 Å². The molecule has 6 rings (SSSR count). The molecule has 2 N–H and O–H groups in total. The van der Waals surface area contributed by atoms with E-state index in [4.69, 9.17) is 4.74 Å². The van der Waals surface area contributed by atoms with Gasteiger partial charge in [0.15, 0.2) is 5.82 Å². The van der Waals surface area contributed by atoms with E-state index in [9.17, 15) is 14.3 Å². The SMILES string of the molecule is COc1ccc(-c2ncn(-c3ccc(Nc4nccc(-c5cc(F)cc(N6CCN(C(=O)O)CC6)c5)n4)cc3)n2)cn1. The summed E-state index contributed by atoms with van der Waals surface area (Å²) in [6.07, 6.45) is 3.96. The second kappa shape index (κ2) is 11.5. The third kappa shape index (κ3) is 5.80. The van der Waals surface area contributed by atoms with Gasteiger partial charge < -0.3 is 25.0 Å². The molecule has 0 bridgehead atoms. The van der Waals surface area contributed by atoms with Crippen LogP contribution in [0.1, 0.15) is 0 Å². The molecule has 0 atom stereocenters. The van der Waals surface area contributed by atoms with Gasteiger partial charge in [-0.1, -0.05) is 0 Å². The number of nitrogens with one attached hydrogen (secondary N) is 1. The highest BCUT2D eigenvalue weighted by molar-refractivity contribution is 5.69. The normalized spacial score (nSPS) is 13.2. The van der Waals surface area contributed by atoms with Crippen molar-refractivity contribution in [1.82, 2.24) is 34.6 Å². The molecule has 42 heavy (non-hydrogen) atoms. The van der Waals surface area contributed by atoms with Crippen molar-refractivity contribution in [3.05, 3.63) is 85.2 Å². The second-order valence-corrected chi connectivity index (χ2v) is 9.49. The van der Waals surface area contributed by atoms with Crippen LogP contribution < -0.4 is 15.0 Å². The zero-order chi connectivity index (χ0) is 29.1. The van der Waals surface area contributed by atoms with E-state index in [2.05, 4.69) is 30.4 Å². The van der Waals surface area contributed by atoms with Crippen molar-refractivity contribution in [1.29, 1.82) is 0 Å². The summed E-state index contributed by atoms with van der Waals surface area (Å²) in [6, 6.07) is 17.6. The van der Waals surface area contributed by atoms with E-state index < -0.39 is 11.9 Å². The number of anilines is 3. The average molecular weight is 568 g/mol. The Morgan fingerprint density at radius 2 is 1.74 bits per heavy atom. The molecule has 1 amide bonds. The van der Waals surface area contributed by atoms with Gasteiger partial charge >= 0.3 is 6.09 Å². The number of carbonyl (C=O) groups is 1. The number of methoxy groups -OCH3 is 1. The van der Waals surface area contributed by atoms with Crippen LogP contribution in [0.15, 0.2) is 79.4 Å². The lowest BCUT2D eigenvalue weighted by atomic mass is 10.1. The maximum absolute atomic E-state index is 14.6. The number of halogens is 1. The molecule has 2 aromatic carbocycles. The minimum absolute atomic E-state index is 0.358. The molecule has 212 valence electrons. The van der Waals surface area contributed by atoms with Crippen molar-refractivity contribution < 1.29 is 19.0 Å². The highest BCUT2D eigenvalue weighted by Gasteiger charge is 2.21.